The van der Waals surface area contributed by atoms with Crippen LogP contribution >= 0.6 is 0 Å². The smallest absolute Gasteiger partial charge is 0.369 e. The van der Waals surface area contributed by atoms with E-state index in [9.17, 15) is 22.8 Å². The number of nitrogens with zero attached hydrogens (tertiary/aromatic N) is 1. The first-order chi connectivity index (χ1) is 6.91. The largest absolute Gasteiger partial charge is 0.491 e. The Morgan fingerprint density at radius 1 is 1.20 bits per heavy atom. The van der Waals surface area contributed by atoms with Crippen molar-refractivity contribution >= 4 is 12.1 Å². The fourth-order valence-corrected chi connectivity index (χ4v) is 1.05. The zero-order chi connectivity index (χ0) is 11.5. The van der Waals surface area contributed by atoms with Crippen molar-refractivity contribution in [3.8, 4) is 0 Å². The highest BCUT2D eigenvalue weighted by Crippen LogP contribution is 2.17. The molecule has 0 aromatic carbocycles. The van der Waals surface area contributed by atoms with Crippen molar-refractivity contribution in [3.05, 3.63) is 0 Å². The third-order valence-corrected chi connectivity index (χ3v) is 1.79. The van der Waals surface area contributed by atoms with Crippen molar-refractivity contribution in [2.24, 2.45) is 0 Å². The molecule has 0 bridgehead atoms. The van der Waals surface area contributed by atoms with Crippen LogP contribution in [0.5, 0.6) is 0 Å². The summed E-state index contributed by atoms with van der Waals surface area (Å²) < 4.78 is 38.8. The van der Waals surface area contributed by atoms with Gasteiger partial charge >= 0.3 is 18.2 Å². The van der Waals surface area contributed by atoms with E-state index >= 15 is 0 Å². The van der Waals surface area contributed by atoms with Crippen LogP contribution < -0.4 is 5.32 Å². The van der Waals surface area contributed by atoms with Crippen LogP contribution in [0, 0.1) is 0 Å². The second-order valence-electron chi connectivity index (χ2n) is 2.89. The molecule has 1 saturated heterocycles. The Balaban J connectivity index is 2.44. The average Bonchev–Trinajstić information content (AvgIpc) is 2.17. The molecule has 5 nitrogen and oxygen atoms in total. The van der Waals surface area contributed by atoms with Crippen molar-refractivity contribution in [1.82, 2.24) is 10.2 Å². The van der Waals surface area contributed by atoms with E-state index in [1.54, 1.807) is 0 Å². The summed E-state index contributed by atoms with van der Waals surface area (Å²) in [5.74, 6) is -2.48. The number of halogens is 3. The van der Waals surface area contributed by atoms with Gasteiger partial charge in [0.1, 0.15) is 0 Å². The minimum Gasteiger partial charge on any atom is -0.369 e. The lowest BCUT2D eigenvalue weighted by atomic mass is 10.4. The summed E-state index contributed by atoms with van der Waals surface area (Å²) in [5, 5.41) is 2.90. The predicted molar refractivity (Wildman–Crippen MR) is 42.0 cm³/mol. The van der Waals surface area contributed by atoms with Crippen LogP contribution in [-0.4, -0.2) is 49.3 Å². The Labute approximate surface area is 83.2 Å². The fraction of sp³-hybridized carbons (Fsp3) is 0.714. The quantitative estimate of drug-likeness (QED) is 0.470. The number of hydrogen-bond acceptors (Lipinski definition) is 4. The molecule has 1 rings (SSSR count). The standard InChI is InChI=1S/C7H9F3N2O3/c8-7(9,10)5(13)15-6(14)12-3-1-11-2-4-12/h11H,1-4H2. The summed E-state index contributed by atoms with van der Waals surface area (Å²) in [6.07, 6.45) is -6.39. The molecule has 1 aliphatic heterocycles. The normalized spacial score (nSPS) is 17.4. The maximum Gasteiger partial charge on any atom is 0.491 e. The Morgan fingerprint density at radius 3 is 2.20 bits per heavy atom. The lowest BCUT2D eigenvalue weighted by molar-refractivity contribution is -0.193. The van der Waals surface area contributed by atoms with E-state index in [1.807, 2.05) is 0 Å². The fourth-order valence-electron chi connectivity index (χ4n) is 1.05. The van der Waals surface area contributed by atoms with Gasteiger partial charge in [0, 0.05) is 26.2 Å². The van der Waals surface area contributed by atoms with Crippen molar-refractivity contribution in [2.75, 3.05) is 26.2 Å². The van der Waals surface area contributed by atoms with Crippen molar-refractivity contribution < 1.29 is 27.5 Å². The molecule has 1 N–H and O–H groups in total. The summed E-state index contributed by atoms with van der Waals surface area (Å²) in [5.41, 5.74) is 0. The molecule has 0 spiro atoms. The van der Waals surface area contributed by atoms with Crippen molar-refractivity contribution in [2.45, 2.75) is 6.18 Å². The maximum absolute atomic E-state index is 11.7. The average molecular weight is 226 g/mol. The van der Waals surface area contributed by atoms with Gasteiger partial charge in [0.05, 0.1) is 0 Å². The molecule has 1 amide bonds. The topological polar surface area (TPSA) is 58.6 Å². The third kappa shape index (κ3) is 3.39. The van der Waals surface area contributed by atoms with Crippen molar-refractivity contribution in [3.63, 3.8) is 0 Å². The number of ether oxygens (including phenoxy) is 1. The van der Waals surface area contributed by atoms with Gasteiger partial charge in [-0.2, -0.15) is 13.2 Å². The van der Waals surface area contributed by atoms with E-state index < -0.39 is 18.2 Å². The molecule has 86 valence electrons. The summed E-state index contributed by atoms with van der Waals surface area (Å²) in [6, 6.07) is 0. The van der Waals surface area contributed by atoms with Gasteiger partial charge in [0.25, 0.3) is 0 Å². The first kappa shape index (κ1) is 11.8. The predicted octanol–water partition coefficient (Wildman–Crippen LogP) is 0.117. The number of nitrogens with one attached hydrogen (secondary N) is 1. The van der Waals surface area contributed by atoms with E-state index in [0.29, 0.717) is 13.1 Å². The lowest BCUT2D eigenvalue weighted by Crippen LogP contribution is -2.47. The molecular weight excluding hydrogens is 217 g/mol. The van der Waals surface area contributed by atoms with Crippen LogP contribution in [0.1, 0.15) is 0 Å². The van der Waals surface area contributed by atoms with Gasteiger partial charge in [-0.05, 0) is 0 Å². The zero-order valence-electron chi connectivity index (χ0n) is 7.63. The minimum absolute atomic E-state index is 0.226. The number of rotatable bonds is 0. The van der Waals surface area contributed by atoms with E-state index in [1.165, 1.54) is 0 Å². The lowest BCUT2D eigenvalue weighted by Gasteiger charge is -2.26. The molecule has 0 radical (unpaired) electrons. The molecule has 1 fully saturated rings. The van der Waals surface area contributed by atoms with Gasteiger partial charge in [-0.3, -0.25) is 0 Å². The van der Waals surface area contributed by atoms with Gasteiger partial charge in [-0.15, -0.1) is 0 Å². The van der Waals surface area contributed by atoms with Crippen molar-refractivity contribution in [1.29, 1.82) is 0 Å². The number of hydrogen-bond donors (Lipinski definition) is 1. The zero-order valence-corrected chi connectivity index (χ0v) is 7.63. The highest BCUT2D eigenvalue weighted by molar-refractivity contribution is 5.87. The summed E-state index contributed by atoms with van der Waals surface area (Å²) >= 11 is 0. The number of alkyl halides is 3. The molecule has 0 aliphatic carbocycles. The Hall–Kier alpha value is -1.31. The summed E-state index contributed by atoms with van der Waals surface area (Å²) in [6.45, 7) is 1.39. The monoisotopic (exact) mass is 226 g/mol. The van der Waals surface area contributed by atoms with Crippen LogP contribution in [0.4, 0.5) is 18.0 Å². The summed E-state index contributed by atoms with van der Waals surface area (Å²) in [7, 11) is 0. The molecule has 1 aliphatic rings. The van der Waals surface area contributed by atoms with Crippen LogP contribution in [0.25, 0.3) is 0 Å². The number of piperazine rings is 1. The number of carbonyl (C=O) groups is 2. The molecule has 8 heteroatoms. The minimum atomic E-state index is -5.14. The van der Waals surface area contributed by atoms with Crippen LogP contribution in [0.2, 0.25) is 0 Å². The molecular formula is C7H9F3N2O3. The van der Waals surface area contributed by atoms with Gasteiger partial charge in [-0.25, -0.2) is 9.59 Å². The first-order valence-corrected chi connectivity index (χ1v) is 4.20. The molecule has 0 atom stereocenters. The van der Waals surface area contributed by atoms with Crippen LogP contribution in [-0.2, 0) is 9.53 Å². The summed E-state index contributed by atoms with van der Waals surface area (Å²) in [4.78, 5) is 22.4. The van der Waals surface area contributed by atoms with E-state index in [0.717, 1.165) is 4.90 Å². The van der Waals surface area contributed by atoms with E-state index in [4.69, 9.17) is 0 Å². The number of esters is 1. The third-order valence-electron chi connectivity index (χ3n) is 1.79. The molecule has 1 heterocycles. The molecule has 15 heavy (non-hydrogen) atoms. The Morgan fingerprint density at radius 2 is 1.73 bits per heavy atom. The van der Waals surface area contributed by atoms with Crippen LogP contribution in [0.3, 0.4) is 0 Å². The SMILES string of the molecule is O=C(OC(=O)C(F)(F)F)N1CCNCC1. The second-order valence-corrected chi connectivity index (χ2v) is 2.89. The Bertz CT molecular complexity index is 261. The van der Waals surface area contributed by atoms with Gasteiger partial charge < -0.3 is 15.0 Å². The number of amides is 1. The van der Waals surface area contributed by atoms with Gasteiger partial charge in [0.2, 0.25) is 0 Å². The molecule has 0 unspecified atom stereocenters. The second kappa shape index (κ2) is 4.47. The van der Waals surface area contributed by atoms with E-state index in [2.05, 4.69) is 10.1 Å². The highest BCUT2D eigenvalue weighted by Gasteiger charge is 2.43. The van der Waals surface area contributed by atoms with E-state index in [-0.39, 0.29) is 13.1 Å². The number of carbonyl (C=O) groups excluding carboxylic acids is 2. The van der Waals surface area contributed by atoms with Gasteiger partial charge in [-0.1, -0.05) is 0 Å². The van der Waals surface area contributed by atoms with Gasteiger partial charge in [0.15, 0.2) is 0 Å². The maximum atomic E-state index is 11.7. The molecule has 0 aromatic heterocycles. The molecule has 0 saturated carbocycles. The highest BCUT2D eigenvalue weighted by atomic mass is 19.4. The Kier molecular flexibility index (Phi) is 3.51. The van der Waals surface area contributed by atoms with Crippen LogP contribution in [0.15, 0.2) is 0 Å². The molecule has 0 aromatic rings. The first-order valence-electron chi connectivity index (χ1n) is 4.20.